The smallest absolute Gasteiger partial charge is 0.337 e. The molecule has 84 valence electrons. The molecule has 0 unspecified atom stereocenters. The lowest BCUT2D eigenvalue weighted by Crippen LogP contribution is -2.06. The van der Waals surface area contributed by atoms with E-state index in [4.69, 9.17) is 16.7 Å². The summed E-state index contributed by atoms with van der Waals surface area (Å²) in [6, 6.07) is 3.13. The molecular weight excluding hydrogens is 258 g/mol. The number of isocyanates is 1. The van der Waals surface area contributed by atoms with Gasteiger partial charge in [-0.15, -0.1) is 0 Å². The third-order valence-corrected chi connectivity index (χ3v) is 3.05. The second kappa shape index (κ2) is 4.44. The van der Waals surface area contributed by atoms with Crippen molar-refractivity contribution in [3.8, 4) is 0 Å². The van der Waals surface area contributed by atoms with Crippen LogP contribution in [0.1, 0.15) is 10.4 Å². The van der Waals surface area contributed by atoms with Crippen LogP contribution in [0.15, 0.2) is 27.5 Å². The maximum absolute atomic E-state index is 11.4. The Morgan fingerprint density at radius 1 is 1.44 bits per heavy atom. The van der Waals surface area contributed by atoms with Crippen LogP contribution in [-0.2, 0) is 14.8 Å². The summed E-state index contributed by atoms with van der Waals surface area (Å²) in [7, 11) is -4.37. The molecule has 8 heteroatoms. The first-order chi connectivity index (χ1) is 7.38. The van der Waals surface area contributed by atoms with Crippen molar-refractivity contribution in [3.63, 3.8) is 0 Å². The van der Waals surface area contributed by atoms with E-state index in [1.807, 2.05) is 0 Å². The van der Waals surface area contributed by atoms with Gasteiger partial charge in [-0.2, -0.15) is 8.42 Å². The summed E-state index contributed by atoms with van der Waals surface area (Å²) in [5.41, 5.74) is -0.511. The van der Waals surface area contributed by atoms with E-state index in [1.54, 1.807) is 0 Å². The molecule has 0 aliphatic carbocycles. The highest BCUT2D eigenvalue weighted by Gasteiger charge is 2.22. The van der Waals surface area contributed by atoms with Crippen LogP contribution in [0.5, 0.6) is 0 Å². The third-order valence-electron chi connectivity index (χ3n) is 1.61. The van der Waals surface area contributed by atoms with E-state index in [2.05, 4.69) is 4.40 Å². The van der Waals surface area contributed by atoms with Crippen molar-refractivity contribution in [2.45, 2.75) is 4.90 Å². The van der Waals surface area contributed by atoms with Crippen LogP contribution in [-0.4, -0.2) is 25.6 Å². The Hall–Kier alpha value is -1.69. The molecule has 16 heavy (non-hydrogen) atoms. The Labute approximate surface area is 95.2 Å². The molecule has 0 radical (unpaired) electrons. The molecule has 1 aromatic rings. The van der Waals surface area contributed by atoms with E-state index in [1.165, 1.54) is 6.07 Å². The number of carbonyl (C=O) groups excluding carboxylic acids is 1. The molecule has 0 aliphatic heterocycles. The van der Waals surface area contributed by atoms with Gasteiger partial charge in [-0.05, 0) is 18.2 Å². The number of sulfonamides is 1. The standard InChI is InChI=1S/C8H4ClNO5S/c9-5-1-2-6(8(12)13)7(3-5)16(14,15)10-4-11/h1-3H,(H,12,13). The first-order valence-electron chi connectivity index (χ1n) is 3.75. The summed E-state index contributed by atoms with van der Waals surface area (Å²) >= 11 is 5.53. The lowest BCUT2D eigenvalue weighted by molar-refractivity contribution is 0.0692. The zero-order chi connectivity index (χ0) is 12.3. The lowest BCUT2D eigenvalue weighted by atomic mass is 10.2. The maximum Gasteiger partial charge on any atom is 0.337 e. The number of hydrogen-bond donors (Lipinski definition) is 1. The van der Waals surface area contributed by atoms with Gasteiger partial charge in [0, 0.05) is 5.02 Å². The molecule has 0 fully saturated rings. The fourth-order valence-corrected chi connectivity index (χ4v) is 2.13. The molecule has 0 bridgehead atoms. The van der Waals surface area contributed by atoms with Gasteiger partial charge in [0.15, 0.2) is 0 Å². The molecule has 0 atom stereocenters. The van der Waals surface area contributed by atoms with Crippen LogP contribution >= 0.6 is 11.6 Å². The number of aromatic carboxylic acids is 1. The van der Waals surface area contributed by atoms with Gasteiger partial charge in [0.2, 0.25) is 0 Å². The number of carboxylic acid groups (broad SMARTS) is 1. The molecule has 1 N–H and O–H groups in total. The van der Waals surface area contributed by atoms with Crippen LogP contribution in [0.3, 0.4) is 0 Å². The summed E-state index contributed by atoms with van der Waals surface area (Å²) in [5.74, 6) is -1.46. The molecule has 0 saturated carbocycles. The SMILES string of the molecule is O=C=NS(=O)(=O)c1cc(Cl)ccc1C(=O)O. The van der Waals surface area contributed by atoms with Gasteiger partial charge >= 0.3 is 5.97 Å². The van der Waals surface area contributed by atoms with Crippen molar-refractivity contribution >= 4 is 33.7 Å². The molecule has 0 saturated heterocycles. The molecule has 0 aromatic heterocycles. The van der Waals surface area contributed by atoms with Crippen LogP contribution < -0.4 is 0 Å². The number of carbonyl (C=O) groups is 1. The van der Waals surface area contributed by atoms with E-state index < -0.39 is 26.5 Å². The minimum atomic E-state index is -4.37. The first kappa shape index (κ1) is 12.4. The monoisotopic (exact) mass is 261 g/mol. The molecule has 1 rings (SSSR count). The Morgan fingerprint density at radius 2 is 2.06 bits per heavy atom. The van der Waals surface area contributed by atoms with Crippen LogP contribution in [0.4, 0.5) is 0 Å². The Kier molecular flexibility index (Phi) is 3.44. The normalized spacial score (nSPS) is 10.6. The predicted molar refractivity (Wildman–Crippen MR) is 53.7 cm³/mol. The van der Waals surface area contributed by atoms with E-state index in [-0.39, 0.29) is 5.02 Å². The average Bonchev–Trinajstić information content (AvgIpc) is 2.17. The summed E-state index contributed by atoms with van der Waals surface area (Å²) in [5, 5.41) is 8.76. The number of benzene rings is 1. The molecule has 6 nitrogen and oxygen atoms in total. The van der Waals surface area contributed by atoms with Crippen LogP contribution in [0.2, 0.25) is 5.02 Å². The minimum absolute atomic E-state index is 0.0182. The second-order valence-electron chi connectivity index (χ2n) is 2.60. The number of rotatable bonds is 3. The highest BCUT2D eigenvalue weighted by atomic mass is 35.5. The van der Waals surface area contributed by atoms with Gasteiger partial charge in [0.25, 0.3) is 16.1 Å². The van der Waals surface area contributed by atoms with Crippen molar-refractivity contribution in [2.24, 2.45) is 4.40 Å². The quantitative estimate of drug-likeness (QED) is 0.648. The first-order valence-corrected chi connectivity index (χ1v) is 5.57. The minimum Gasteiger partial charge on any atom is -0.478 e. The molecule has 0 heterocycles. The second-order valence-corrected chi connectivity index (χ2v) is 4.61. The zero-order valence-corrected chi connectivity index (χ0v) is 9.12. The zero-order valence-electron chi connectivity index (χ0n) is 7.55. The highest BCUT2D eigenvalue weighted by Crippen LogP contribution is 2.22. The van der Waals surface area contributed by atoms with E-state index in [0.29, 0.717) is 0 Å². The van der Waals surface area contributed by atoms with Crippen molar-refractivity contribution < 1.29 is 23.1 Å². The largest absolute Gasteiger partial charge is 0.478 e. The van der Waals surface area contributed by atoms with Crippen molar-refractivity contribution in [1.82, 2.24) is 0 Å². The predicted octanol–water partition coefficient (Wildman–Crippen LogP) is 1.06. The Bertz CT molecular complexity index is 588. The fraction of sp³-hybridized carbons (Fsp3) is 0. The Balaban J connectivity index is 3.60. The lowest BCUT2D eigenvalue weighted by Gasteiger charge is -2.02. The number of carboxylic acids is 1. The van der Waals surface area contributed by atoms with Gasteiger partial charge in [0.1, 0.15) is 4.90 Å². The number of nitrogens with zero attached hydrogens (tertiary/aromatic N) is 1. The fourth-order valence-electron chi connectivity index (χ4n) is 0.985. The number of halogens is 1. The topological polar surface area (TPSA) is 101 Å². The van der Waals surface area contributed by atoms with E-state index >= 15 is 0 Å². The molecule has 0 spiro atoms. The van der Waals surface area contributed by atoms with Gasteiger partial charge in [-0.25, -0.2) is 9.59 Å². The van der Waals surface area contributed by atoms with Crippen molar-refractivity contribution in [2.75, 3.05) is 0 Å². The van der Waals surface area contributed by atoms with Crippen LogP contribution in [0.25, 0.3) is 0 Å². The summed E-state index contributed by atoms with van der Waals surface area (Å²) in [6.07, 6.45) is 0.843. The van der Waals surface area contributed by atoms with Gasteiger partial charge in [-0.3, -0.25) is 0 Å². The van der Waals surface area contributed by atoms with Gasteiger partial charge < -0.3 is 5.11 Å². The molecule has 0 amide bonds. The number of hydrogen-bond acceptors (Lipinski definition) is 4. The third kappa shape index (κ3) is 2.46. The van der Waals surface area contributed by atoms with Crippen LogP contribution in [0, 0.1) is 0 Å². The van der Waals surface area contributed by atoms with Gasteiger partial charge in [0.05, 0.1) is 5.56 Å². The summed E-state index contributed by atoms with van der Waals surface area (Å²) in [4.78, 5) is 20.0. The van der Waals surface area contributed by atoms with Crippen molar-refractivity contribution in [1.29, 1.82) is 0 Å². The van der Waals surface area contributed by atoms with E-state index in [9.17, 15) is 18.0 Å². The Morgan fingerprint density at radius 3 is 2.56 bits per heavy atom. The molecule has 0 aliphatic rings. The maximum atomic E-state index is 11.4. The summed E-state index contributed by atoms with van der Waals surface area (Å²) < 4.78 is 25.3. The van der Waals surface area contributed by atoms with Gasteiger partial charge in [-0.1, -0.05) is 16.0 Å². The molecule has 1 aromatic carbocycles. The summed E-state index contributed by atoms with van der Waals surface area (Å²) in [6.45, 7) is 0. The van der Waals surface area contributed by atoms with Crippen molar-refractivity contribution in [3.05, 3.63) is 28.8 Å². The van der Waals surface area contributed by atoms with E-state index in [0.717, 1.165) is 18.2 Å². The average molecular weight is 262 g/mol. The molecular formula is C8H4ClNO5S. The highest BCUT2D eigenvalue weighted by molar-refractivity contribution is 7.90.